The third-order valence-electron chi connectivity index (χ3n) is 6.36. The molecule has 204 valence electrons. The van der Waals surface area contributed by atoms with Crippen LogP contribution >= 0.6 is 11.6 Å². The van der Waals surface area contributed by atoms with Crippen molar-refractivity contribution in [3.05, 3.63) is 76.4 Å². The van der Waals surface area contributed by atoms with Gasteiger partial charge < -0.3 is 15.0 Å². The maximum absolute atomic E-state index is 13.3. The Labute approximate surface area is 228 Å². The minimum atomic E-state index is -4.50. The summed E-state index contributed by atoms with van der Waals surface area (Å²) in [6.45, 7) is 6.66. The van der Waals surface area contributed by atoms with Gasteiger partial charge in [-0.3, -0.25) is 0 Å². The number of pyridine rings is 1. The van der Waals surface area contributed by atoms with Crippen molar-refractivity contribution in [2.24, 2.45) is 0 Å². The first kappa shape index (κ1) is 26.8. The number of alkyl halides is 3. The molecular formula is C28H27ClF3N5O2. The molecule has 0 spiro atoms. The number of rotatable bonds is 3. The minimum Gasteiger partial charge on any atom is -0.444 e. The quantitative estimate of drug-likeness (QED) is 0.290. The Morgan fingerprint density at radius 1 is 1.00 bits per heavy atom. The number of nitrogens with zero attached hydrogens (tertiary/aromatic N) is 4. The smallest absolute Gasteiger partial charge is 0.416 e. The first-order valence-electron chi connectivity index (χ1n) is 12.5. The highest BCUT2D eigenvalue weighted by atomic mass is 35.5. The lowest BCUT2D eigenvalue weighted by molar-refractivity contribution is -0.137. The third-order valence-corrected chi connectivity index (χ3v) is 6.69. The van der Waals surface area contributed by atoms with E-state index in [1.807, 2.05) is 39.0 Å². The number of halogens is 4. The molecule has 0 bridgehead atoms. The molecule has 0 saturated heterocycles. The molecule has 1 amide bonds. The lowest BCUT2D eigenvalue weighted by Crippen LogP contribution is -2.38. The average molecular weight is 558 g/mol. The summed E-state index contributed by atoms with van der Waals surface area (Å²) >= 11 is 6.29. The van der Waals surface area contributed by atoms with Gasteiger partial charge in [-0.05, 0) is 87.2 Å². The first-order chi connectivity index (χ1) is 18.4. The van der Waals surface area contributed by atoms with Crippen LogP contribution in [0.4, 0.5) is 29.6 Å². The SMILES string of the molecule is CC(C)(C)OC(=O)N1CCc2ccc(Nc3nc4c(-c5cc(C(F)(F)F)ccc5Cl)cccn4n3)cc2CC1. The van der Waals surface area contributed by atoms with Crippen LogP contribution in [0.15, 0.2) is 54.7 Å². The zero-order chi connectivity index (χ0) is 27.9. The number of benzene rings is 2. The topological polar surface area (TPSA) is 71.8 Å². The van der Waals surface area contributed by atoms with Crippen LogP contribution in [-0.4, -0.2) is 44.3 Å². The predicted octanol–water partition coefficient (Wildman–Crippen LogP) is 7.15. The van der Waals surface area contributed by atoms with E-state index >= 15 is 0 Å². The van der Waals surface area contributed by atoms with Crippen LogP contribution in [0.1, 0.15) is 37.5 Å². The molecular weight excluding hydrogens is 531 g/mol. The second-order valence-electron chi connectivity index (χ2n) is 10.4. The van der Waals surface area contributed by atoms with Gasteiger partial charge in [-0.25, -0.2) is 9.31 Å². The summed E-state index contributed by atoms with van der Waals surface area (Å²) in [6.07, 6.45) is -1.77. The fourth-order valence-electron chi connectivity index (χ4n) is 4.52. The third kappa shape index (κ3) is 5.95. The van der Waals surface area contributed by atoms with Gasteiger partial charge >= 0.3 is 12.3 Å². The van der Waals surface area contributed by atoms with Crippen molar-refractivity contribution in [2.75, 3.05) is 18.4 Å². The predicted molar refractivity (Wildman–Crippen MR) is 143 cm³/mol. The van der Waals surface area contributed by atoms with E-state index in [1.54, 1.807) is 23.2 Å². The molecule has 39 heavy (non-hydrogen) atoms. The molecule has 1 N–H and O–H groups in total. The van der Waals surface area contributed by atoms with E-state index in [-0.39, 0.29) is 22.6 Å². The van der Waals surface area contributed by atoms with Crippen molar-refractivity contribution >= 4 is 35.0 Å². The summed E-state index contributed by atoms with van der Waals surface area (Å²) in [5, 5.41) is 7.83. The summed E-state index contributed by atoms with van der Waals surface area (Å²) in [7, 11) is 0. The summed E-state index contributed by atoms with van der Waals surface area (Å²) in [6, 6.07) is 12.5. The van der Waals surface area contributed by atoms with Crippen LogP contribution in [0, 0.1) is 0 Å². The van der Waals surface area contributed by atoms with Gasteiger partial charge in [0.1, 0.15) is 5.60 Å². The first-order valence-corrected chi connectivity index (χ1v) is 12.8. The number of ether oxygens (including phenoxy) is 1. The number of hydrogen-bond donors (Lipinski definition) is 1. The maximum Gasteiger partial charge on any atom is 0.416 e. The molecule has 0 saturated carbocycles. The Morgan fingerprint density at radius 3 is 2.46 bits per heavy atom. The summed E-state index contributed by atoms with van der Waals surface area (Å²) < 4.78 is 47.0. The van der Waals surface area contributed by atoms with Gasteiger partial charge in [0.15, 0.2) is 5.65 Å². The van der Waals surface area contributed by atoms with Crippen LogP contribution in [0.25, 0.3) is 16.8 Å². The minimum absolute atomic E-state index is 0.180. The fourth-order valence-corrected chi connectivity index (χ4v) is 4.74. The maximum atomic E-state index is 13.3. The monoisotopic (exact) mass is 557 g/mol. The molecule has 0 aliphatic carbocycles. The fraction of sp³-hybridized carbons (Fsp3) is 0.321. The van der Waals surface area contributed by atoms with Crippen molar-refractivity contribution in [3.8, 4) is 11.1 Å². The number of nitrogens with one attached hydrogen (secondary N) is 1. The number of aromatic nitrogens is 3. The highest BCUT2D eigenvalue weighted by Crippen LogP contribution is 2.37. The van der Waals surface area contributed by atoms with Crippen LogP contribution in [0.5, 0.6) is 0 Å². The van der Waals surface area contributed by atoms with Gasteiger partial charge in [0, 0.05) is 41.1 Å². The number of amides is 1. The summed E-state index contributed by atoms with van der Waals surface area (Å²) in [5.41, 5.74) is 2.67. The number of carbonyl (C=O) groups is 1. The summed E-state index contributed by atoms with van der Waals surface area (Å²) in [5.74, 6) is 0.287. The zero-order valence-electron chi connectivity index (χ0n) is 21.6. The van der Waals surface area contributed by atoms with Crippen LogP contribution in [0.3, 0.4) is 0 Å². The van der Waals surface area contributed by atoms with Gasteiger partial charge in [0.2, 0.25) is 5.95 Å². The lowest BCUT2D eigenvalue weighted by Gasteiger charge is -2.26. The van der Waals surface area contributed by atoms with Crippen molar-refractivity contribution < 1.29 is 22.7 Å². The van der Waals surface area contributed by atoms with Gasteiger partial charge in [-0.1, -0.05) is 17.7 Å². The molecule has 1 aliphatic rings. The Hall–Kier alpha value is -3.79. The largest absolute Gasteiger partial charge is 0.444 e. The normalized spacial score (nSPS) is 14.2. The molecule has 0 atom stereocenters. The van der Waals surface area contributed by atoms with Gasteiger partial charge in [0.05, 0.1) is 5.56 Å². The van der Waals surface area contributed by atoms with E-state index in [0.717, 1.165) is 28.9 Å². The Bertz CT molecular complexity index is 1540. The second-order valence-corrected chi connectivity index (χ2v) is 10.8. The molecule has 3 heterocycles. The Kier molecular flexibility index (Phi) is 6.92. The lowest BCUT2D eigenvalue weighted by atomic mass is 10.0. The zero-order valence-corrected chi connectivity index (χ0v) is 22.4. The van der Waals surface area contributed by atoms with Crippen molar-refractivity contribution in [1.29, 1.82) is 0 Å². The standard InChI is InChI=1S/C28H27ClF3N5O2/c1-27(2,3)39-26(38)36-13-10-17-6-8-20(15-18(17)11-14-36)33-25-34-24-21(5-4-12-37(24)35-25)22-16-19(28(30,31)32)7-9-23(22)29/h4-9,12,15-16H,10-11,13-14H2,1-3H3,(H,33,35). The molecule has 5 rings (SSSR count). The summed E-state index contributed by atoms with van der Waals surface area (Å²) in [4.78, 5) is 18.8. The molecule has 0 unspecified atom stereocenters. The van der Waals surface area contributed by atoms with Gasteiger partial charge in [0.25, 0.3) is 0 Å². The van der Waals surface area contributed by atoms with E-state index in [2.05, 4.69) is 15.4 Å². The van der Waals surface area contributed by atoms with E-state index in [1.165, 1.54) is 10.6 Å². The van der Waals surface area contributed by atoms with Crippen LogP contribution in [-0.2, 0) is 23.8 Å². The number of carbonyl (C=O) groups excluding carboxylic acids is 1. The van der Waals surface area contributed by atoms with Crippen molar-refractivity contribution in [2.45, 2.75) is 45.4 Å². The van der Waals surface area contributed by atoms with Gasteiger partial charge in [-0.15, -0.1) is 5.10 Å². The molecule has 2 aromatic heterocycles. The highest BCUT2D eigenvalue weighted by molar-refractivity contribution is 6.33. The molecule has 1 aliphatic heterocycles. The highest BCUT2D eigenvalue weighted by Gasteiger charge is 2.31. The molecule has 2 aromatic carbocycles. The average Bonchev–Trinajstić information content (AvgIpc) is 3.13. The van der Waals surface area contributed by atoms with E-state index in [0.29, 0.717) is 37.1 Å². The van der Waals surface area contributed by atoms with E-state index < -0.39 is 17.3 Å². The van der Waals surface area contributed by atoms with Crippen LogP contribution < -0.4 is 5.32 Å². The number of anilines is 2. The molecule has 4 aromatic rings. The molecule has 0 radical (unpaired) electrons. The van der Waals surface area contributed by atoms with E-state index in [9.17, 15) is 18.0 Å². The molecule has 11 heteroatoms. The number of hydrogen-bond acceptors (Lipinski definition) is 5. The number of fused-ring (bicyclic) bond motifs is 2. The van der Waals surface area contributed by atoms with Crippen molar-refractivity contribution in [3.63, 3.8) is 0 Å². The molecule has 7 nitrogen and oxygen atoms in total. The van der Waals surface area contributed by atoms with Crippen molar-refractivity contribution in [1.82, 2.24) is 19.5 Å². The second kappa shape index (κ2) is 10.1. The Morgan fingerprint density at radius 2 is 1.74 bits per heavy atom. The van der Waals surface area contributed by atoms with E-state index in [4.69, 9.17) is 16.3 Å². The molecule has 0 fully saturated rings. The van der Waals surface area contributed by atoms with Crippen LogP contribution in [0.2, 0.25) is 5.02 Å². The van der Waals surface area contributed by atoms with Gasteiger partial charge in [-0.2, -0.15) is 18.2 Å². The Balaban J connectivity index is 1.38.